The van der Waals surface area contributed by atoms with Gasteiger partial charge in [-0.25, -0.2) is 0 Å². The molecule has 0 bridgehead atoms. The second-order valence-electron chi connectivity index (χ2n) is 7.99. The second kappa shape index (κ2) is 10.7. The third-order valence-electron chi connectivity index (χ3n) is 5.46. The van der Waals surface area contributed by atoms with Crippen LogP contribution in [0.1, 0.15) is 31.8 Å². The molecule has 0 aliphatic carbocycles. The molecule has 0 atom stereocenters. The first-order valence-corrected chi connectivity index (χ1v) is 12.8. The van der Waals surface area contributed by atoms with Gasteiger partial charge in [-0.2, -0.15) is 0 Å². The Bertz CT molecular complexity index is 1260. The predicted molar refractivity (Wildman–Crippen MR) is 156 cm³/mol. The van der Waals surface area contributed by atoms with Gasteiger partial charge in [-0.15, -0.1) is 0 Å². The van der Waals surface area contributed by atoms with Crippen LogP contribution in [0.25, 0.3) is 11.1 Å². The quantitative estimate of drug-likeness (QED) is 0.214. The lowest BCUT2D eigenvalue weighted by Gasteiger charge is -2.09. The number of aryl methyl sites for hydroxylation is 2. The Labute approximate surface area is 226 Å². The summed E-state index contributed by atoms with van der Waals surface area (Å²) in [5.74, 6) is -0.296. The Morgan fingerprint density at radius 2 is 0.912 bits per heavy atom. The fourth-order valence-corrected chi connectivity index (χ4v) is 4.15. The molecule has 4 aromatic carbocycles. The largest absolute Gasteiger partial charge is 0.322 e. The molecule has 2 N–H and O–H groups in total. The number of nitrogens with one attached hydrogen (secondary N) is 2. The van der Waals surface area contributed by atoms with Crippen LogP contribution in [-0.4, -0.2) is 11.8 Å². The highest BCUT2D eigenvalue weighted by Gasteiger charge is 2.10. The number of halogens is 2. The van der Waals surface area contributed by atoms with Crippen molar-refractivity contribution in [3.63, 3.8) is 0 Å². The number of benzene rings is 4. The lowest BCUT2D eigenvalue weighted by atomic mass is 10.0. The molecular formula is C28H22I2N2O2. The summed E-state index contributed by atoms with van der Waals surface area (Å²) >= 11 is 4.54. The van der Waals surface area contributed by atoms with Gasteiger partial charge in [0.2, 0.25) is 0 Å². The zero-order valence-corrected chi connectivity index (χ0v) is 23.0. The molecule has 0 fully saturated rings. The Kier molecular flexibility index (Phi) is 7.67. The topological polar surface area (TPSA) is 58.2 Å². The van der Waals surface area contributed by atoms with Crippen molar-refractivity contribution in [3.05, 3.63) is 114 Å². The summed E-state index contributed by atoms with van der Waals surface area (Å²) in [5, 5.41) is 5.89. The van der Waals surface area contributed by atoms with Gasteiger partial charge in [-0.05, 0) is 142 Å². The molecule has 0 saturated heterocycles. The number of carbonyl (C=O) groups excluding carboxylic acids is 2. The zero-order valence-electron chi connectivity index (χ0n) is 18.7. The van der Waals surface area contributed by atoms with Crippen LogP contribution in [-0.2, 0) is 0 Å². The molecule has 6 heteroatoms. The molecule has 4 rings (SSSR count). The maximum atomic E-state index is 12.6. The highest BCUT2D eigenvalue weighted by molar-refractivity contribution is 14.1. The third kappa shape index (κ3) is 5.85. The molecule has 0 aliphatic heterocycles. The maximum absolute atomic E-state index is 12.6. The predicted octanol–water partition coefficient (Wildman–Crippen LogP) is 7.68. The van der Waals surface area contributed by atoms with E-state index in [9.17, 15) is 9.59 Å². The van der Waals surface area contributed by atoms with E-state index in [2.05, 4.69) is 55.8 Å². The van der Waals surface area contributed by atoms with Crippen molar-refractivity contribution in [2.45, 2.75) is 13.8 Å². The lowest BCUT2D eigenvalue weighted by molar-refractivity contribution is 0.101. The van der Waals surface area contributed by atoms with Gasteiger partial charge < -0.3 is 10.6 Å². The molecule has 0 unspecified atom stereocenters. The van der Waals surface area contributed by atoms with Gasteiger partial charge in [0.05, 0.1) is 0 Å². The standard InChI is InChI=1S/C28H22I2N2O2/c1-17-15-23(11-13-25(17)29)31-27(33)21-7-3-19(4-8-21)20-5-9-22(10-6-20)28(34)32-24-12-14-26(30)18(2)16-24/h3-16H,1-2H3,(H,31,33)(H,32,34). The monoisotopic (exact) mass is 672 g/mol. The minimum Gasteiger partial charge on any atom is -0.322 e. The van der Waals surface area contributed by atoms with Crippen molar-refractivity contribution in [1.82, 2.24) is 0 Å². The van der Waals surface area contributed by atoms with E-state index >= 15 is 0 Å². The van der Waals surface area contributed by atoms with Crippen LogP contribution in [0.5, 0.6) is 0 Å². The van der Waals surface area contributed by atoms with Crippen molar-refractivity contribution in [2.75, 3.05) is 10.6 Å². The summed E-state index contributed by atoms with van der Waals surface area (Å²) in [5.41, 5.74) is 6.93. The Morgan fingerprint density at radius 1 is 0.559 bits per heavy atom. The number of amides is 2. The average molecular weight is 672 g/mol. The van der Waals surface area contributed by atoms with Crippen LogP contribution >= 0.6 is 45.2 Å². The first-order valence-electron chi connectivity index (χ1n) is 10.7. The van der Waals surface area contributed by atoms with Crippen LogP contribution in [0, 0.1) is 21.0 Å². The highest BCUT2D eigenvalue weighted by atomic mass is 127. The molecule has 0 spiro atoms. The van der Waals surface area contributed by atoms with Gasteiger partial charge in [0.25, 0.3) is 11.8 Å². The minimum atomic E-state index is -0.148. The molecule has 0 radical (unpaired) electrons. The summed E-state index contributed by atoms with van der Waals surface area (Å²) in [4.78, 5) is 25.2. The van der Waals surface area contributed by atoms with Gasteiger partial charge in [0, 0.05) is 29.6 Å². The minimum absolute atomic E-state index is 0.148. The Morgan fingerprint density at radius 3 is 1.24 bits per heavy atom. The molecule has 170 valence electrons. The summed E-state index contributed by atoms with van der Waals surface area (Å²) in [6.45, 7) is 4.04. The van der Waals surface area contributed by atoms with E-state index in [4.69, 9.17) is 0 Å². The van der Waals surface area contributed by atoms with Gasteiger partial charge >= 0.3 is 0 Å². The third-order valence-corrected chi connectivity index (χ3v) is 7.88. The highest BCUT2D eigenvalue weighted by Crippen LogP contribution is 2.23. The summed E-state index contributed by atoms with van der Waals surface area (Å²) < 4.78 is 2.32. The van der Waals surface area contributed by atoms with Crippen molar-refractivity contribution >= 4 is 68.4 Å². The normalized spacial score (nSPS) is 10.6. The number of carbonyl (C=O) groups is 2. The van der Waals surface area contributed by atoms with E-state index in [0.29, 0.717) is 11.1 Å². The van der Waals surface area contributed by atoms with Crippen LogP contribution in [0.4, 0.5) is 11.4 Å². The summed E-state index contributed by atoms with van der Waals surface area (Å²) in [7, 11) is 0. The molecule has 0 aliphatic rings. The first-order chi connectivity index (χ1) is 16.3. The van der Waals surface area contributed by atoms with Crippen LogP contribution < -0.4 is 10.6 Å². The van der Waals surface area contributed by atoms with E-state index in [1.807, 2.05) is 98.8 Å². The molecule has 0 saturated carbocycles. The lowest BCUT2D eigenvalue weighted by Crippen LogP contribution is -2.12. The summed E-state index contributed by atoms with van der Waals surface area (Å²) in [6, 6.07) is 26.6. The number of anilines is 2. The van der Waals surface area contributed by atoms with Crippen molar-refractivity contribution < 1.29 is 9.59 Å². The first kappa shape index (κ1) is 24.4. The molecular weight excluding hydrogens is 650 g/mol. The van der Waals surface area contributed by atoms with E-state index < -0.39 is 0 Å². The molecule has 2 amide bonds. The number of hydrogen-bond donors (Lipinski definition) is 2. The van der Waals surface area contributed by atoms with E-state index in [-0.39, 0.29) is 11.8 Å². The molecule has 34 heavy (non-hydrogen) atoms. The van der Waals surface area contributed by atoms with Crippen molar-refractivity contribution in [2.24, 2.45) is 0 Å². The Hall–Kier alpha value is -2.72. The van der Waals surface area contributed by atoms with Gasteiger partial charge in [0.15, 0.2) is 0 Å². The van der Waals surface area contributed by atoms with E-state index in [0.717, 1.165) is 40.8 Å². The SMILES string of the molecule is Cc1cc(NC(=O)c2ccc(-c3ccc(C(=O)Nc4ccc(I)c(C)c4)cc3)cc2)ccc1I. The van der Waals surface area contributed by atoms with Crippen LogP contribution in [0.2, 0.25) is 0 Å². The second-order valence-corrected chi connectivity index (χ2v) is 10.3. The van der Waals surface area contributed by atoms with Crippen molar-refractivity contribution in [3.8, 4) is 11.1 Å². The molecule has 0 aromatic heterocycles. The fraction of sp³-hybridized carbons (Fsp3) is 0.0714. The van der Waals surface area contributed by atoms with Crippen LogP contribution in [0.15, 0.2) is 84.9 Å². The van der Waals surface area contributed by atoms with Crippen LogP contribution in [0.3, 0.4) is 0 Å². The molecule has 0 heterocycles. The zero-order chi connectivity index (χ0) is 24.2. The van der Waals surface area contributed by atoms with E-state index in [1.165, 1.54) is 0 Å². The average Bonchev–Trinajstić information content (AvgIpc) is 2.84. The van der Waals surface area contributed by atoms with Gasteiger partial charge in [0.1, 0.15) is 0 Å². The van der Waals surface area contributed by atoms with Gasteiger partial charge in [-0.3, -0.25) is 9.59 Å². The summed E-state index contributed by atoms with van der Waals surface area (Å²) in [6.07, 6.45) is 0. The Balaban J connectivity index is 1.42. The smallest absolute Gasteiger partial charge is 0.255 e. The van der Waals surface area contributed by atoms with Crippen molar-refractivity contribution in [1.29, 1.82) is 0 Å². The number of rotatable bonds is 5. The fourth-order valence-electron chi connectivity index (χ4n) is 3.48. The number of hydrogen-bond acceptors (Lipinski definition) is 2. The molecule has 4 nitrogen and oxygen atoms in total. The molecule has 4 aromatic rings. The van der Waals surface area contributed by atoms with Gasteiger partial charge in [-0.1, -0.05) is 24.3 Å². The van der Waals surface area contributed by atoms with E-state index in [1.54, 1.807) is 0 Å². The maximum Gasteiger partial charge on any atom is 0.255 e.